The highest BCUT2D eigenvalue weighted by Crippen LogP contribution is 2.24. The van der Waals surface area contributed by atoms with Gasteiger partial charge in [0.1, 0.15) is 23.9 Å². The van der Waals surface area contributed by atoms with Gasteiger partial charge in [-0.2, -0.15) is 0 Å². The van der Waals surface area contributed by atoms with E-state index in [1.165, 1.54) is 0 Å². The molecular formula is C23H19ClN2O3. The van der Waals surface area contributed by atoms with Crippen LogP contribution in [0.15, 0.2) is 77.6 Å². The van der Waals surface area contributed by atoms with Crippen LogP contribution in [0.4, 0.5) is 0 Å². The van der Waals surface area contributed by atoms with Crippen molar-refractivity contribution in [1.29, 1.82) is 0 Å². The Balaban J connectivity index is 1.73. The molecule has 0 atom stereocenters. The molecular weight excluding hydrogens is 388 g/mol. The van der Waals surface area contributed by atoms with Crippen LogP contribution in [0, 0.1) is 0 Å². The minimum absolute atomic E-state index is 0.107. The second kappa shape index (κ2) is 8.37. The van der Waals surface area contributed by atoms with E-state index in [9.17, 15) is 4.79 Å². The lowest BCUT2D eigenvalue weighted by atomic mass is 10.1. The summed E-state index contributed by atoms with van der Waals surface area (Å²) < 4.78 is 12.7. The molecule has 0 aliphatic heterocycles. The van der Waals surface area contributed by atoms with E-state index in [0.29, 0.717) is 34.0 Å². The third-order valence-corrected chi connectivity index (χ3v) is 4.93. The maximum absolute atomic E-state index is 13.2. The molecule has 0 saturated carbocycles. The Kier molecular flexibility index (Phi) is 5.49. The summed E-state index contributed by atoms with van der Waals surface area (Å²) >= 11 is 6.15. The third kappa shape index (κ3) is 3.96. The van der Waals surface area contributed by atoms with Gasteiger partial charge < -0.3 is 9.47 Å². The number of fused-ring (bicyclic) bond motifs is 1. The minimum atomic E-state index is -0.107. The van der Waals surface area contributed by atoms with E-state index in [0.717, 1.165) is 11.3 Å². The zero-order valence-corrected chi connectivity index (χ0v) is 16.6. The molecule has 29 heavy (non-hydrogen) atoms. The first-order chi connectivity index (χ1) is 14.2. The fraction of sp³-hybridized carbons (Fsp3) is 0.130. The van der Waals surface area contributed by atoms with Gasteiger partial charge in [0.15, 0.2) is 0 Å². The summed E-state index contributed by atoms with van der Waals surface area (Å²) in [6, 6.07) is 22.1. The van der Waals surface area contributed by atoms with Crippen LogP contribution in [0.3, 0.4) is 0 Å². The van der Waals surface area contributed by atoms with Crippen molar-refractivity contribution < 1.29 is 9.47 Å². The van der Waals surface area contributed by atoms with E-state index in [2.05, 4.69) is 0 Å². The topological polar surface area (TPSA) is 53.3 Å². The summed E-state index contributed by atoms with van der Waals surface area (Å²) in [5.41, 5.74) is 1.38. The molecule has 1 heterocycles. The number of hydrogen-bond donors (Lipinski definition) is 0. The fourth-order valence-corrected chi connectivity index (χ4v) is 3.33. The molecule has 0 unspecified atom stereocenters. The number of aromatic nitrogens is 2. The molecule has 0 saturated heterocycles. The second-order valence-electron chi connectivity index (χ2n) is 6.42. The van der Waals surface area contributed by atoms with Crippen molar-refractivity contribution in [3.63, 3.8) is 0 Å². The van der Waals surface area contributed by atoms with Crippen LogP contribution in [0.5, 0.6) is 11.5 Å². The van der Waals surface area contributed by atoms with Crippen LogP contribution < -0.4 is 15.0 Å². The van der Waals surface area contributed by atoms with Gasteiger partial charge in [0.2, 0.25) is 0 Å². The lowest BCUT2D eigenvalue weighted by Crippen LogP contribution is -2.26. The predicted octanol–water partition coefficient (Wildman–Crippen LogP) is 4.80. The Hall–Kier alpha value is -3.31. The van der Waals surface area contributed by atoms with Crippen LogP contribution in [0.25, 0.3) is 22.3 Å². The van der Waals surface area contributed by atoms with Crippen LogP contribution in [0.2, 0.25) is 5.02 Å². The largest absolute Gasteiger partial charge is 0.497 e. The highest BCUT2D eigenvalue weighted by molar-refractivity contribution is 6.32. The van der Waals surface area contributed by atoms with E-state index >= 15 is 0 Å². The minimum Gasteiger partial charge on any atom is -0.497 e. The van der Waals surface area contributed by atoms with E-state index in [-0.39, 0.29) is 12.2 Å². The van der Waals surface area contributed by atoms with Gasteiger partial charge in [0.05, 0.1) is 29.6 Å². The highest BCUT2D eigenvalue weighted by Gasteiger charge is 2.13. The number of ether oxygens (including phenoxy) is 2. The maximum Gasteiger partial charge on any atom is 0.261 e. The molecule has 3 aromatic carbocycles. The van der Waals surface area contributed by atoms with Crippen molar-refractivity contribution in [2.75, 3.05) is 13.7 Å². The van der Waals surface area contributed by atoms with E-state index in [1.807, 2.05) is 54.6 Å². The molecule has 0 aliphatic carbocycles. The molecule has 4 aromatic rings. The van der Waals surface area contributed by atoms with Gasteiger partial charge in [-0.15, -0.1) is 0 Å². The normalized spacial score (nSPS) is 10.8. The van der Waals surface area contributed by atoms with Crippen molar-refractivity contribution in [2.45, 2.75) is 6.54 Å². The van der Waals surface area contributed by atoms with Crippen molar-refractivity contribution in [3.05, 3.63) is 88.2 Å². The number of nitrogens with zero attached hydrogens (tertiary/aromatic N) is 2. The average Bonchev–Trinajstić information content (AvgIpc) is 2.76. The zero-order chi connectivity index (χ0) is 20.2. The summed E-state index contributed by atoms with van der Waals surface area (Å²) in [5, 5.41) is 1.11. The molecule has 5 nitrogen and oxygen atoms in total. The molecule has 0 N–H and O–H groups in total. The summed E-state index contributed by atoms with van der Waals surface area (Å²) in [7, 11) is 1.62. The van der Waals surface area contributed by atoms with Gasteiger partial charge in [-0.05, 0) is 48.5 Å². The number of rotatable bonds is 6. The van der Waals surface area contributed by atoms with Crippen LogP contribution in [-0.2, 0) is 6.54 Å². The number of hydrogen-bond acceptors (Lipinski definition) is 4. The van der Waals surface area contributed by atoms with Gasteiger partial charge in [-0.3, -0.25) is 9.36 Å². The standard InChI is InChI=1S/C23H19ClN2O3/c1-28-17-12-10-16(11-13-17)22-25-20-8-4-2-6-18(20)23(27)26(22)14-15-29-21-9-5-3-7-19(21)24/h2-13H,14-15H2,1H3. The summed E-state index contributed by atoms with van der Waals surface area (Å²) in [6.07, 6.45) is 0. The summed E-state index contributed by atoms with van der Waals surface area (Å²) in [6.45, 7) is 0.621. The Labute approximate surface area is 173 Å². The molecule has 0 aliphatic rings. The maximum atomic E-state index is 13.2. The van der Waals surface area contributed by atoms with Crippen molar-refractivity contribution >= 4 is 22.5 Å². The lowest BCUT2D eigenvalue weighted by molar-refractivity contribution is 0.297. The number of methoxy groups -OCH3 is 1. The molecule has 0 amide bonds. The first kappa shape index (κ1) is 19.0. The first-order valence-corrected chi connectivity index (χ1v) is 9.56. The van der Waals surface area contributed by atoms with Crippen molar-refractivity contribution in [2.24, 2.45) is 0 Å². The molecule has 1 aromatic heterocycles. The lowest BCUT2D eigenvalue weighted by Gasteiger charge is -2.15. The average molecular weight is 407 g/mol. The van der Waals surface area contributed by atoms with Crippen LogP contribution in [0.1, 0.15) is 0 Å². The first-order valence-electron chi connectivity index (χ1n) is 9.19. The zero-order valence-electron chi connectivity index (χ0n) is 15.8. The van der Waals surface area contributed by atoms with Crippen molar-refractivity contribution in [1.82, 2.24) is 9.55 Å². The van der Waals surface area contributed by atoms with E-state index in [1.54, 1.807) is 29.9 Å². The summed E-state index contributed by atoms with van der Waals surface area (Å²) in [4.78, 5) is 17.9. The molecule has 0 fully saturated rings. The highest BCUT2D eigenvalue weighted by atomic mass is 35.5. The molecule has 0 radical (unpaired) electrons. The van der Waals surface area contributed by atoms with Gasteiger partial charge in [-0.1, -0.05) is 35.9 Å². The monoisotopic (exact) mass is 406 g/mol. The van der Waals surface area contributed by atoms with E-state index < -0.39 is 0 Å². The SMILES string of the molecule is COc1ccc(-c2nc3ccccc3c(=O)n2CCOc2ccccc2Cl)cc1. The number of para-hydroxylation sites is 2. The number of benzene rings is 3. The van der Waals surface area contributed by atoms with Gasteiger partial charge in [-0.25, -0.2) is 4.98 Å². The van der Waals surface area contributed by atoms with Gasteiger partial charge >= 0.3 is 0 Å². The quantitative estimate of drug-likeness (QED) is 0.461. The molecule has 0 bridgehead atoms. The van der Waals surface area contributed by atoms with Crippen LogP contribution >= 0.6 is 11.6 Å². The van der Waals surface area contributed by atoms with Crippen molar-refractivity contribution in [3.8, 4) is 22.9 Å². The molecule has 6 heteroatoms. The predicted molar refractivity (Wildman–Crippen MR) is 115 cm³/mol. The Morgan fingerprint density at radius 1 is 0.966 bits per heavy atom. The number of halogens is 1. The fourth-order valence-electron chi connectivity index (χ4n) is 3.14. The van der Waals surface area contributed by atoms with Gasteiger partial charge in [0.25, 0.3) is 5.56 Å². The van der Waals surface area contributed by atoms with E-state index in [4.69, 9.17) is 26.1 Å². The summed E-state index contributed by atoms with van der Waals surface area (Å²) in [5.74, 6) is 1.91. The molecule has 146 valence electrons. The smallest absolute Gasteiger partial charge is 0.261 e. The second-order valence-corrected chi connectivity index (χ2v) is 6.82. The Morgan fingerprint density at radius 3 is 2.45 bits per heavy atom. The van der Waals surface area contributed by atoms with Crippen LogP contribution in [-0.4, -0.2) is 23.3 Å². The molecule has 0 spiro atoms. The van der Waals surface area contributed by atoms with Gasteiger partial charge in [0, 0.05) is 5.56 Å². The third-order valence-electron chi connectivity index (χ3n) is 4.62. The molecule has 4 rings (SSSR count). The Morgan fingerprint density at radius 2 is 1.69 bits per heavy atom. The Bertz CT molecular complexity index is 1200.